The van der Waals surface area contributed by atoms with Crippen LogP contribution >= 0.6 is 0 Å². The van der Waals surface area contributed by atoms with E-state index in [1.807, 2.05) is 13.9 Å². The van der Waals surface area contributed by atoms with Gasteiger partial charge in [0.05, 0.1) is 12.5 Å². The highest BCUT2D eigenvalue weighted by atomic mass is 16.5. The minimum atomic E-state index is -0.455. The van der Waals surface area contributed by atoms with E-state index in [0.29, 0.717) is 11.0 Å². The van der Waals surface area contributed by atoms with Crippen molar-refractivity contribution in [3.63, 3.8) is 0 Å². The second-order valence-electron chi connectivity index (χ2n) is 2.97. The van der Waals surface area contributed by atoms with Crippen LogP contribution in [0.3, 0.4) is 0 Å². The standard InChI is InChI=1S/C8H8BN3O2/c1-14-8(13)6-5-2-4(9)3-10-7(5)12-11-6/h2-3H,9H2,1H3,(H,10,11,12). The number of carbonyl (C=O) groups excluding carboxylic acids is 1. The molecule has 0 aliphatic heterocycles. The molecule has 1 N–H and O–H groups in total. The number of rotatable bonds is 1. The zero-order chi connectivity index (χ0) is 10.1. The lowest BCUT2D eigenvalue weighted by molar-refractivity contribution is 0.0596. The van der Waals surface area contributed by atoms with Gasteiger partial charge in [-0.3, -0.25) is 5.10 Å². The Labute approximate surface area is 80.9 Å². The lowest BCUT2D eigenvalue weighted by Gasteiger charge is -1.95. The quantitative estimate of drug-likeness (QED) is 0.461. The summed E-state index contributed by atoms with van der Waals surface area (Å²) in [5, 5.41) is 7.21. The molecule has 0 fully saturated rings. The molecular formula is C8H8BN3O2. The van der Waals surface area contributed by atoms with Gasteiger partial charge in [-0.2, -0.15) is 5.10 Å². The van der Waals surface area contributed by atoms with Crippen molar-refractivity contribution in [2.24, 2.45) is 0 Å². The first kappa shape index (κ1) is 8.74. The van der Waals surface area contributed by atoms with Gasteiger partial charge >= 0.3 is 5.97 Å². The smallest absolute Gasteiger partial charge is 0.359 e. The predicted octanol–water partition coefficient (Wildman–Crippen LogP) is -0.997. The van der Waals surface area contributed by atoms with Gasteiger partial charge in [-0.25, -0.2) is 9.78 Å². The molecule has 2 rings (SSSR count). The van der Waals surface area contributed by atoms with Crippen molar-refractivity contribution in [1.82, 2.24) is 15.2 Å². The molecule has 0 radical (unpaired) electrons. The maximum absolute atomic E-state index is 11.3. The summed E-state index contributed by atoms with van der Waals surface area (Å²) in [4.78, 5) is 15.4. The average molecular weight is 189 g/mol. The van der Waals surface area contributed by atoms with Crippen molar-refractivity contribution >= 4 is 30.3 Å². The summed E-state index contributed by atoms with van der Waals surface area (Å²) < 4.78 is 4.59. The Balaban J connectivity index is 2.67. The Kier molecular flexibility index (Phi) is 1.96. The third kappa shape index (κ3) is 1.24. The fraction of sp³-hybridized carbons (Fsp3) is 0.125. The highest BCUT2D eigenvalue weighted by molar-refractivity contribution is 6.33. The molecule has 0 aliphatic rings. The lowest BCUT2D eigenvalue weighted by Crippen LogP contribution is -2.05. The summed E-state index contributed by atoms with van der Waals surface area (Å²) in [5.41, 5.74) is 1.85. The Bertz CT molecular complexity index is 494. The van der Waals surface area contributed by atoms with Gasteiger partial charge in [0, 0.05) is 6.20 Å². The van der Waals surface area contributed by atoms with E-state index in [-0.39, 0.29) is 5.69 Å². The molecule has 0 aromatic carbocycles. The molecule has 2 heterocycles. The Hall–Kier alpha value is -1.85. The van der Waals surface area contributed by atoms with Crippen molar-refractivity contribution in [1.29, 1.82) is 0 Å². The van der Waals surface area contributed by atoms with Gasteiger partial charge in [0.1, 0.15) is 7.85 Å². The minimum Gasteiger partial charge on any atom is -0.464 e. The van der Waals surface area contributed by atoms with Crippen LogP contribution in [0.2, 0.25) is 0 Å². The molecule has 0 bridgehead atoms. The highest BCUT2D eigenvalue weighted by Crippen LogP contribution is 2.12. The number of aromatic nitrogens is 3. The molecule has 2 aromatic heterocycles. The molecule has 6 heteroatoms. The van der Waals surface area contributed by atoms with Crippen LogP contribution in [0, 0.1) is 0 Å². The van der Waals surface area contributed by atoms with Crippen molar-refractivity contribution in [2.75, 3.05) is 7.11 Å². The molecule has 0 aliphatic carbocycles. The number of esters is 1. The van der Waals surface area contributed by atoms with Crippen molar-refractivity contribution in [3.8, 4) is 0 Å². The molecule has 70 valence electrons. The number of hydrogen-bond acceptors (Lipinski definition) is 4. The molecule has 0 amide bonds. The highest BCUT2D eigenvalue weighted by Gasteiger charge is 2.14. The fourth-order valence-electron chi connectivity index (χ4n) is 1.26. The summed E-state index contributed by atoms with van der Waals surface area (Å²) in [5.74, 6) is -0.455. The number of nitrogens with one attached hydrogen (secondary N) is 1. The Morgan fingerprint density at radius 2 is 2.43 bits per heavy atom. The van der Waals surface area contributed by atoms with Gasteiger partial charge in [-0.05, 0) is 0 Å². The van der Waals surface area contributed by atoms with Crippen molar-refractivity contribution < 1.29 is 9.53 Å². The number of pyridine rings is 1. The van der Waals surface area contributed by atoms with Gasteiger partial charge in [0.2, 0.25) is 0 Å². The van der Waals surface area contributed by atoms with Crippen LogP contribution in [-0.4, -0.2) is 36.1 Å². The number of aromatic amines is 1. The monoisotopic (exact) mass is 189 g/mol. The topological polar surface area (TPSA) is 67.9 Å². The summed E-state index contributed by atoms with van der Waals surface area (Å²) in [7, 11) is 3.23. The van der Waals surface area contributed by atoms with Gasteiger partial charge in [0.15, 0.2) is 11.3 Å². The van der Waals surface area contributed by atoms with E-state index < -0.39 is 5.97 Å². The maximum atomic E-state index is 11.3. The van der Waals surface area contributed by atoms with Crippen LogP contribution in [0.15, 0.2) is 12.3 Å². The zero-order valence-electron chi connectivity index (χ0n) is 7.87. The summed E-state index contributed by atoms with van der Waals surface area (Å²) in [6.07, 6.45) is 1.71. The van der Waals surface area contributed by atoms with Gasteiger partial charge in [0.25, 0.3) is 0 Å². The minimum absolute atomic E-state index is 0.277. The molecule has 0 atom stereocenters. The largest absolute Gasteiger partial charge is 0.464 e. The molecule has 0 unspecified atom stereocenters. The van der Waals surface area contributed by atoms with Crippen LogP contribution in [-0.2, 0) is 4.74 Å². The number of methoxy groups -OCH3 is 1. The first-order valence-corrected chi connectivity index (χ1v) is 4.11. The number of ether oxygens (including phenoxy) is 1. The summed E-state index contributed by atoms with van der Waals surface area (Å²) in [6.45, 7) is 0. The van der Waals surface area contributed by atoms with E-state index in [2.05, 4.69) is 19.9 Å². The molecule has 0 saturated carbocycles. The van der Waals surface area contributed by atoms with Crippen LogP contribution in [0.4, 0.5) is 0 Å². The van der Waals surface area contributed by atoms with E-state index >= 15 is 0 Å². The van der Waals surface area contributed by atoms with E-state index in [1.54, 1.807) is 6.20 Å². The SMILES string of the molecule is Bc1cnc2[nH]nc(C(=O)OC)c2c1. The first-order valence-electron chi connectivity index (χ1n) is 4.11. The van der Waals surface area contributed by atoms with Crippen molar-refractivity contribution in [3.05, 3.63) is 18.0 Å². The van der Waals surface area contributed by atoms with Crippen LogP contribution in [0.1, 0.15) is 10.5 Å². The second-order valence-corrected chi connectivity index (χ2v) is 2.97. The first-order chi connectivity index (χ1) is 6.72. The second kappa shape index (κ2) is 3.14. The number of carbonyl (C=O) groups is 1. The van der Waals surface area contributed by atoms with Crippen LogP contribution in [0.25, 0.3) is 11.0 Å². The van der Waals surface area contributed by atoms with Gasteiger partial charge in [-0.1, -0.05) is 11.5 Å². The van der Waals surface area contributed by atoms with Crippen LogP contribution in [0.5, 0.6) is 0 Å². The summed E-state index contributed by atoms with van der Waals surface area (Å²) in [6, 6.07) is 1.85. The molecule has 0 saturated heterocycles. The third-order valence-corrected chi connectivity index (χ3v) is 1.93. The molecule has 2 aromatic rings. The Morgan fingerprint density at radius 1 is 1.64 bits per heavy atom. The van der Waals surface area contributed by atoms with E-state index in [9.17, 15) is 4.79 Å². The molecule has 5 nitrogen and oxygen atoms in total. The predicted molar refractivity (Wildman–Crippen MR) is 53.4 cm³/mol. The van der Waals surface area contributed by atoms with Crippen LogP contribution < -0.4 is 5.46 Å². The Morgan fingerprint density at radius 3 is 3.14 bits per heavy atom. The average Bonchev–Trinajstić information content (AvgIpc) is 2.59. The third-order valence-electron chi connectivity index (χ3n) is 1.93. The lowest BCUT2D eigenvalue weighted by atomic mass is 9.97. The van der Waals surface area contributed by atoms with E-state index in [1.165, 1.54) is 7.11 Å². The van der Waals surface area contributed by atoms with Gasteiger partial charge < -0.3 is 4.74 Å². The van der Waals surface area contributed by atoms with Crippen molar-refractivity contribution in [2.45, 2.75) is 0 Å². The maximum Gasteiger partial charge on any atom is 0.359 e. The normalized spacial score (nSPS) is 10.4. The molecular weight excluding hydrogens is 181 g/mol. The van der Waals surface area contributed by atoms with E-state index in [0.717, 1.165) is 5.46 Å². The number of hydrogen-bond donors (Lipinski definition) is 1. The van der Waals surface area contributed by atoms with E-state index in [4.69, 9.17) is 0 Å². The zero-order valence-corrected chi connectivity index (χ0v) is 7.87. The molecule has 14 heavy (non-hydrogen) atoms. The van der Waals surface area contributed by atoms with Gasteiger partial charge in [-0.15, -0.1) is 0 Å². The molecule has 0 spiro atoms. The number of H-pyrrole nitrogens is 1. The fourth-order valence-corrected chi connectivity index (χ4v) is 1.26. The number of fused-ring (bicyclic) bond motifs is 1. The number of nitrogens with zero attached hydrogens (tertiary/aromatic N) is 2. The summed E-state index contributed by atoms with van der Waals surface area (Å²) >= 11 is 0.